The molecule has 0 fully saturated rings. The number of carbonyl (C=O) groups excluding carboxylic acids is 1. The van der Waals surface area contributed by atoms with E-state index in [4.69, 9.17) is 0 Å². The maximum Gasteiger partial charge on any atom is 0.343 e. The maximum absolute atomic E-state index is 11.6. The molecule has 0 spiro atoms. The molecule has 0 saturated carbocycles. The molecule has 0 aromatic carbocycles. The van der Waals surface area contributed by atoms with Gasteiger partial charge in [0.2, 0.25) is 0 Å². The molecule has 2 N–H and O–H groups in total. The van der Waals surface area contributed by atoms with Crippen molar-refractivity contribution in [2.45, 2.75) is 4.90 Å². The molecule has 0 saturated heterocycles. The summed E-state index contributed by atoms with van der Waals surface area (Å²) >= 11 is 0. The van der Waals surface area contributed by atoms with Gasteiger partial charge in [-0.25, -0.2) is 22.9 Å². The quantitative estimate of drug-likeness (QED) is 0.702. The lowest BCUT2D eigenvalue weighted by atomic mass is 10.5. The predicted octanol–water partition coefficient (Wildman–Crippen LogP) is -0.454. The SMILES string of the molecule is CN(C)NC(=O)NS(=O)(=O)c1cccnc1. The first kappa shape index (κ1) is 12.4. The summed E-state index contributed by atoms with van der Waals surface area (Å²) in [6, 6.07) is 1.99. The molecule has 1 rings (SSSR count). The molecule has 2 amide bonds. The van der Waals surface area contributed by atoms with Crippen molar-refractivity contribution in [3.8, 4) is 0 Å². The molecule has 7 nitrogen and oxygen atoms in total. The first-order chi connectivity index (χ1) is 7.42. The molecular weight excluding hydrogens is 232 g/mol. The fraction of sp³-hybridized carbons (Fsp3) is 0.250. The normalized spacial score (nSPS) is 11.2. The summed E-state index contributed by atoms with van der Waals surface area (Å²) in [4.78, 5) is 14.8. The van der Waals surface area contributed by atoms with Crippen molar-refractivity contribution < 1.29 is 13.2 Å². The lowest BCUT2D eigenvalue weighted by Crippen LogP contribution is -2.45. The van der Waals surface area contributed by atoms with E-state index in [1.165, 1.54) is 23.3 Å². The van der Waals surface area contributed by atoms with Gasteiger partial charge in [-0.05, 0) is 12.1 Å². The Kier molecular flexibility index (Phi) is 3.80. The number of rotatable bonds is 3. The van der Waals surface area contributed by atoms with Gasteiger partial charge in [0.25, 0.3) is 10.0 Å². The average Bonchev–Trinajstić information content (AvgIpc) is 2.16. The molecule has 0 unspecified atom stereocenters. The minimum atomic E-state index is -3.86. The van der Waals surface area contributed by atoms with E-state index in [0.29, 0.717) is 0 Å². The number of hydrogen-bond acceptors (Lipinski definition) is 5. The topological polar surface area (TPSA) is 91.4 Å². The average molecular weight is 244 g/mol. The van der Waals surface area contributed by atoms with Gasteiger partial charge in [-0.15, -0.1) is 0 Å². The van der Waals surface area contributed by atoms with E-state index in [9.17, 15) is 13.2 Å². The third-order valence-electron chi connectivity index (χ3n) is 1.50. The lowest BCUT2D eigenvalue weighted by Gasteiger charge is -2.12. The Morgan fingerprint density at radius 2 is 2.12 bits per heavy atom. The first-order valence-corrected chi connectivity index (χ1v) is 5.81. The van der Waals surface area contributed by atoms with E-state index >= 15 is 0 Å². The molecule has 0 atom stereocenters. The van der Waals surface area contributed by atoms with Crippen LogP contribution in [0.3, 0.4) is 0 Å². The number of hydrogen-bond donors (Lipinski definition) is 2. The van der Waals surface area contributed by atoms with Crippen LogP contribution in [0.5, 0.6) is 0 Å². The fourth-order valence-electron chi connectivity index (χ4n) is 0.913. The van der Waals surface area contributed by atoms with Crippen LogP contribution < -0.4 is 10.1 Å². The van der Waals surface area contributed by atoms with Gasteiger partial charge in [-0.3, -0.25) is 10.4 Å². The minimum absolute atomic E-state index is 0.0658. The van der Waals surface area contributed by atoms with Crippen molar-refractivity contribution in [2.75, 3.05) is 14.1 Å². The number of nitrogens with zero attached hydrogens (tertiary/aromatic N) is 2. The highest BCUT2D eigenvalue weighted by Gasteiger charge is 2.17. The van der Waals surface area contributed by atoms with Crippen molar-refractivity contribution in [3.63, 3.8) is 0 Å². The molecule has 0 aliphatic rings. The van der Waals surface area contributed by atoms with Crippen molar-refractivity contribution in [1.29, 1.82) is 0 Å². The summed E-state index contributed by atoms with van der Waals surface area (Å²) in [5.41, 5.74) is 2.25. The minimum Gasteiger partial charge on any atom is -0.270 e. The van der Waals surface area contributed by atoms with Gasteiger partial charge in [0.05, 0.1) is 0 Å². The van der Waals surface area contributed by atoms with Crippen LogP contribution in [0.15, 0.2) is 29.4 Å². The van der Waals surface area contributed by atoms with Crippen LogP contribution in [-0.4, -0.2) is 38.5 Å². The monoisotopic (exact) mass is 244 g/mol. The Labute approximate surface area is 93.5 Å². The van der Waals surface area contributed by atoms with Crippen LogP contribution in [0.25, 0.3) is 0 Å². The van der Waals surface area contributed by atoms with Crippen molar-refractivity contribution in [3.05, 3.63) is 24.5 Å². The number of hydrazine groups is 1. The van der Waals surface area contributed by atoms with E-state index in [2.05, 4.69) is 10.4 Å². The number of nitrogens with one attached hydrogen (secondary N) is 2. The zero-order valence-electron chi connectivity index (χ0n) is 8.84. The highest BCUT2D eigenvalue weighted by molar-refractivity contribution is 7.90. The second-order valence-electron chi connectivity index (χ2n) is 3.13. The number of urea groups is 1. The molecule has 0 bridgehead atoms. The number of sulfonamides is 1. The second kappa shape index (κ2) is 4.90. The van der Waals surface area contributed by atoms with Gasteiger partial charge in [0.1, 0.15) is 4.90 Å². The maximum atomic E-state index is 11.6. The predicted molar refractivity (Wildman–Crippen MR) is 56.8 cm³/mol. The van der Waals surface area contributed by atoms with Crippen LogP contribution in [0.4, 0.5) is 4.79 Å². The van der Waals surface area contributed by atoms with Gasteiger partial charge in [-0.1, -0.05) is 0 Å². The van der Waals surface area contributed by atoms with Crippen molar-refractivity contribution in [1.82, 2.24) is 20.1 Å². The lowest BCUT2D eigenvalue weighted by molar-refractivity contribution is 0.217. The van der Waals surface area contributed by atoms with Crippen molar-refractivity contribution in [2.24, 2.45) is 0 Å². The Morgan fingerprint density at radius 1 is 1.44 bits per heavy atom. The third kappa shape index (κ3) is 3.48. The molecule has 1 heterocycles. The van der Waals surface area contributed by atoms with Gasteiger partial charge < -0.3 is 0 Å². The highest BCUT2D eigenvalue weighted by Crippen LogP contribution is 2.04. The molecule has 8 heteroatoms. The second-order valence-corrected chi connectivity index (χ2v) is 4.81. The zero-order chi connectivity index (χ0) is 12.2. The standard InChI is InChI=1S/C8H12N4O3S/c1-12(2)10-8(13)11-16(14,15)7-4-3-5-9-6-7/h3-6H,1-2H3,(H2,10,11,13). The number of amides is 2. The van der Waals surface area contributed by atoms with E-state index in [-0.39, 0.29) is 4.90 Å². The molecule has 0 aliphatic carbocycles. The Bertz CT molecular complexity index is 457. The molecule has 1 aromatic heterocycles. The highest BCUT2D eigenvalue weighted by atomic mass is 32.2. The van der Waals surface area contributed by atoms with E-state index < -0.39 is 16.1 Å². The number of aromatic nitrogens is 1. The third-order valence-corrected chi connectivity index (χ3v) is 2.81. The van der Waals surface area contributed by atoms with Crippen LogP contribution >= 0.6 is 0 Å². The van der Waals surface area contributed by atoms with Crippen LogP contribution in [0.1, 0.15) is 0 Å². The number of carbonyl (C=O) groups is 1. The number of pyridine rings is 1. The molecule has 0 aliphatic heterocycles. The zero-order valence-corrected chi connectivity index (χ0v) is 9.65. The van der Waals surface area contributed by atoms with E-state index in [1.54, 1.807) is 14.1 Å². The molecule has 0 radical (unpaired) electrons. The molecule has 88 valence electrons. The summed E-state index contributed by atoms with van der Waals surface area (Å²) < 4.78 is 25.0. The van der Waals surface area contributed by atoms with Crippen LogP contribution in [0.2, 0.25) is 0 Å². The summed E-state index contributed by atoms with van der Waals surface area (Å²) in [6.45, 7) is 0. The van der Waals surface area contributed by atoms with Crippen LogP contribution in [-0.2, 0) is 10.0 Å². The van der Waals surface area contributed by atoms with Gasteiger partial charge in [0.15, 0.2) is 0 Å². The summed E-state index contributed by atoms with van der Waals surface area (Å²) in [6.07, 6.45) is 2.60. The Morgan fingerprint density at radius 3 is 2.62 bits per heavy atom. The van der Waals surface area contributed by atoms with Gasteiger partial charge in [0, 0.05) is 26.5 Å². The summed E-state index contributed by atoms with van der Waals surface area (Å²) in [5, 5.41) is 1.33. The van der Waals surface area contributed by atoms with E-state index in [0.717, 1.165) is 6.20 Å². The smallest absolute Gasteiger partial charge is 0.270 e. The molecule has 1 aromatic rings. The molecular formula is C8H12N4O3S. The summed E-state index contributed by atoms with van der Waals surface area (Å²) in [7, 11) is -0.725. The fourth-order valence-corrected chi connectivity index (χ4v) is 1.78. The molecule has 16 heavy (non-hydrogen) atoms. The first-order valence-electron chi connectivity index (χ1n) is 4.32. The van der Waals surface area contributed by atoms with Gasteiger partial charge >= 0.3 is 6.03 Å². The van der Waals surface area contributed by atoms with E-state index in [1.807, 2.05) is 4.72 Å². The Hall–Kier alpha value is -1.67. The summed E-state index contributed by atoms with van der Waals surface area (Å²) in [5.74, 6) is 0. The Balaban J connectivity index is 2.78. The van der Waals surface area contributed by atoms with Crippen LogP contribution in [0, 0.1) is 0 Å². The van der Waals surface area contributed by atoms with Crippen molar-refractivity contribution >= 4 is 16.1 Å². The largest absolute Gasteiger partial charge is 0.343 e. The van der Waals surface area contributed by atoms with Gasteiger partial charge in [-0.2, -0.15) is 0 Å².